The van der Waals surface area contributed by atoms with Crippen molar-refractivity contribution in [3.63, 3.8) is 0 Å². The van der Waals surface area contributed by atoms with Crippen molar-refractivity contribution in [2.75, 3.05) is 13.3 Å². The normalized spacial score (nSPS) is 12.8. The number of carboxylic acid groups (broad SMARTS) is 1. The number of amides is 1. The summed E-state index contributed by atoms with van der Waals surface area (Å²) in [5.41, 5.74) is 9.18. The Bertz CT molecular complexity index is 630. The summed E-state index contributed by atoms with van der Waals surface area (Å²) < 4.78 is 17.2. The van der Waals surface area contributed by atoms with Gasteiger partial charge in [-0.15, -0.1) is 0 Å². The zero-order valence-corrected chi connectivity index (χ0v) is 14.1. The molecule has 2 N–H and O–H groups in total. The van der Waals surface area contributed by atoms with Crippen LogP contribution in [0.1, 0.15) is 19.4 Å². The van der Waals surface area contributed by atoms with Crippen LogP contribution >= 0.6 is 0 Å². The average molecular weight is 352 g/mol. The van der Waals surface area contributed by atoms with E-state index < -0.39 is 30.6 Å². The van der Waals surface area contributed by atoms with Crippen molar-refractivity contribution in [3.05, 3.63) is 40.3 Å². The SMILES string of the molecule is CC(C)[C@H](N=[N+]=[N-])C(=O)N[C@@H](Cc1ccc(OCCF)cc1)C(=O)O. The summed E-state index contributed by atoms with van der Waals surface area (Å²) in [6, 6.07) is 4.33. The standard InChI is InChI=1S/C16H21FN4O4/c1-10(2)14(20-21-18)15(22)19-13(16(23)24)9-11-3-5-12(6-4-11)25-8-7-17/h3-6,10,13-14H,7-9H2,1-2H3,(H,19,22)(H,23,24)/t13-,14-/m0/s1. The quantitative estimate of drug-likeness (QED) is 0.381. The Kier molecular flexibility index (Phi) is 8.22. The van der Waals surface area contributed by atoms with Crippen LogP contribution in [0.5, 0.6) is 5.75 Å². The van der Waals surface area contributed by atoms with Gasteiger partial charge >= 0.3 is 5.97 Å². The van der Waals surface area contributed by atoms with Crippen LogP contribution in [-0.2, 0) is 16.0 Å². The van der Waals surface area contributed by atoms with Gasteiger partial charge in [-0.1, -0.05) is 31.1 Å². The minimum absolute atomic E-state index is 0.0472. The number of benzene rings is 1. The van der Waals surface area contributed by atoms with Crippen molar-refractivity contribution in [2.24, 2.45) is 11.0 Å². The van der Waals surface area contributed by atoms with Crippen LogP contribution in [0.3, 0.4) is 0 Å². The number of nitrogens with one attached hydrogen (secondary N) is 1. The van der Waals surface area contributed by atoms with Gasteiger partial charge in [-0.25, -0.2) is 9.18 Å². The monoisotopic (exact) mass is 352 g/mol. The van der Waals surface area contributed by atoms with Gasteiger partial charge in [0, 0.05) is 11.3 Å². The Labute approximate surface area is 144 Å². The molecule has 0 aliphatic heterocycles. The molecule has 9 heteroatoms. The first-order valence-corrected chi connectivity index (χ1v) is 7.74. The van der Waals surface area contributed by atoms with Crippen LogP contribution in [0, 0.1) is 5.92 Å². The highest BCUT2D eigenvalue weighted by Gasteiger charge is 2.26. The molecule has 0 aliphatic carbocycles. The van der Waals surface area contributed by atoms with Gasteiger partial charge in [0.15, 0.2) is 0 Å². The molecule has 136 valence electrons. The molecule has 1 aromatic rings. The number of carbonyl (C=O) groups is 2. The predicted molar refractivity (Wildman–Crippen MR) is 89.0 cm³/mol. The number of azide groups is 1. The Balaban J connectivity index is 2.78. The van der Waals surface area contributed by atoms with Crippen LogP contribution in [0.25, 0.3) is 10.4 Å². The van der Waals surface area contributed by atoms with Crippen molar-refractivity contribution in [2.45, 2.75) is 32.4 Å². The van der Waals surface area contributed by atoms with Gasteiger partial charge in [-0.2, -0.15) is 0 Å². The van der Waals surface area contributed by atoms with Gasteiger partial charge in [0.25, 0.3) is 0 Å². The zero-order valence-electron chi connectivity index (χ0n) is 14.1. The number of halogens is 1. The van der Waals surface area contributed by atoms with Crippen molar-refractivity contribution < 1.29 is 23.8 Å². The molecule has 0 aromatic heterocycles. The van der Waals surface area contributed by atoms with Gasteiger partial charge in [0.1, 0.15) is 31.1 Å². The lowest BCUT2D eigenvalue weighted by atomic mass is 10.0. The Morgan fingerprint density at radius 3 is 2.48 bits per heavy atom. The van der Waals surface area contributed by atoms with Crippen molar-refractivity contribution in [1.29, 1.82) is 0 Å². The maximum Gasteiger partial charge on any atom is 0.326 e. The third-order valence-electron chi connectivity index (χ3n) is 3.40. The molecule has 0 heterocycles. The number of nitrogens with zero attached hydrogens (tertiary/aromatic N) is 3. The molecule has 8 nitrogen and oxygen atoms in total. The van der Waals surface area contributed by atoms with E-state index in [0.717, 1.165) is 0 Å². The molecule has 0 bridgehead atoms. The Morgan fingerprint density at radius 2 is 2.00 bits per heavy atom. The first kappa shape index (κ1) is 20.2. The highest BCUT2D eigenvalue weighted by molar-refractivity contribution is 5.87. The maximum atomic E-state index is 12.2. The molecule has 1 rings (SSSR count). The lowest BCUT2D eigenvalue weighted by molar-refractivity contribution is -0.142. The average Bonchev–Trinajstić information content (AvgIpc) is 2.57. The van der Waals surface area contributed by atoms with Crippen molar-refractivity contribution >= 4 is 11.9 Å². The summed E-state index contributed by atoms with van der Waals surface area (Å²) in [7, 11) is 0. The van der Waals surface area contributed by atoms with E-state index in [1.165, 1.54) is 0 Å². The minimum atomic E-state index is -1.20. The van der Waals surface area contributed by atoms with E-state index in [2.05, 4.69) is 15.3 Å². The molecule has 0 fully saturated rings. The highest BCUT2D eigenvalue weighted by Crippen LogP contribution is 2.14. The third kappa shape index (κ3) is 6.68. The van der Waals surface area contributed by atoms with Crippen LogP contribution < -0.4 is 10.1 Å². The fraction of sp³-hybridized carbons (Fsp3) is 0.500. The largest absolute Gasteiger partial charge is 0.491 e. The van der Waals surface area contributed by atoms with Crippen LogP contribution in [0.2, 0.25) is 0 Å². The second-order valence-corrected chi connectivity index (χ2v) is 5.68. The number of ether oxygens (including phenoxy) is 1. The number of alkyl halides is 1. The summed E-state index contributed by atoms with van der Waals surface area (Å²) in [5.74, 6) is -1.63. The molecule has 1 aromatic carbocycles. The van der Waals surface area contributed by atoms with E-state index in [-0.39, 0.29) is 18.9 Å². The lowest BCUT2D eigenvalue weighted by Crippen LogP contribution is -2.47. The number of carbonyl (C=O) groups excluding carboxylic acids is 1. The molecule has 1 amide bonds. The number of rotatable bonds is 10. The van der Waals surface area contributed by atoms with Crippen molar-refractivity contribution in [1.82, 2.24) is 5.32 Å². The Morgan fingerprint density at radius 1 is 1.36 bits per heavy atom. The van der Waals surface area contributed by atoms with Gasteiger partial charge in [-0.3, -0.25) is 4.79 Å². The number of hydrogen-bond acceptors (Lipinski definition) is 4. The van der Waals surface area contributed by atoms with E-state index in [9.17, 15) is 19.1 Å². The Hall–Kier alpha value is -2.80. The number of carboxylic acids is 1. The second kappa shape index (κ2) is 10.1. The summed E-state index contributed by atoms with van der Waals surface area (Å²) in [6.07, 6.45) is 0.0472. The first-order chi connectivity index (χ1) is 11.9. The number of hydrogen-bond donors (Lipinski definition) is 2. The van der Waals surface area contributed by atoms with Gasteiger partial charge in [0.05, 0.1) is 0 Å². The molecule has 0 unspecified atom stereocenters. The van der Waals surface area contributed by atoms with Gasteiger partial charge in [0.2, 0.25) is 5.91 Å². The summed E-state index contributed by atoms with van der Waals surface area (Å²) in [4.78, 5) is 26.2. The second-order valence-electron chi connectivity index (χ2n) is 5.68. The summed E-state index contributed by atoms with van der Waals surface area (Å²) in [6.45, 7) is 2.75. The fourth-order valence-corrected chi connectivity index (χ4v) is 2.12. The van der Waals surface area contributed by atoms with E-state index in [1.807, 2.05) is 0 Å². The first-order valence-electron chi connectivity index (χ1n) is 7.74. The van der Waals surface area contributed by atoms with Crippen LogP contribution in [-0.4, -0.2) is 42.3 Å². The van der Waals surface area contributed by atoms with Crippen LogP contribution in [0.4, 0.5) is 4.39 Å². The lowest BCUT2D eigenvalue weighted by Gasteiger charge is -2.19. The smallest absolute Gasteiger partial charge is 0.326 e. The maximum absolute atomic E-state index is 12.2. The van der Waals surface area contributed by atoms with Crippen LogP contribution in [0.15, 0.2) is 29.4 Å². The molecule has 0 spiro atoms. The highest BCUT2D eigenvalue weighted by atomic mass is 19.1. The van der Waals surface area contributed by atoms with E-state index >= 15 is 0 Å². The van der Waals surface area contributed by atoms with E-state index in [0.29, 0.717) is 11.3 Å². The summed E-state index contributed by atoms with van der Waals surface area (Å²) in [5, 5.41) is 15.1. The molecule has 0 saturated carbocycles. The minimum Gasteiger partial charge on any atom is -0.491 e. The molecule has 0 saturated heterocycles. The predicted octanol–water partition coefficient (Wildman–Crippen LogP) is 2.48. The van der Waals surface area contributed by atoms with Gasteiger partial charge < -0.3 is 15.2 Å². The number of aliphatic carboxylic acids is 1. The third-order valence-corrected chi connectivity index (χ3v) is 3.40. The summed E-state index contributed by atoms with van der Waals surface area (Å²) >= 11 is 0. The molecule has 2 atom stereocenters. The molecule has 0 radical (unpaired) electrons. The zero-order chi connectivity index (χ0) is 18.8. The van der Waals surface area contributed by atoms with E-state index in [4.69, 9.17) is 10.3 Å². The molecule has 25 heavy (non-hydrogen) atoms. The molecular formula is C16H21FN4O4. The van der Waals surface area contributed by atoms with Gasteiger partial charge in [-0.05, 0) is 29.1 Å². The molecular weight excluding hydrogens is 331 g/mol. The van der Waals surface area contributed by atoms with E-state index in [1.54, 1.807) is 38.1 Å². The topological polar surface area (TPSA) is 124 Å². The fourth-order valence-electron chi connectivity index (χ4n) is 2.12. The molecule has 0 aliphatic rings. The van der Waals surface area contributed by atoms with Crippen molar-refractivity contribution in [3.8, 4) is 5.75 Å².